The number of methoxy groups -OCH3 is 1. The van der Waals surface area contributed by atoms with E-state index in [0.29, 0.717) is 23.2 Å². The smallest absolute Gasteiger partial charge is 0.433 e. The summed E-state index contributed by atoms with van der Waals surface area (Å²) in [5.41, 5.74) is 0.180. The third-order valence-electron chi connectivity index (χ3n) is 6.66. The molecule has 0 bridgehead atoms. The first-order valence-electron chi connectivity index (χ1n) is 12.6. The zero-order valence-electron chi connectivity index (χ0n) is 21.8. The Balaban J connectivity index is 1.54. The van der Waals surface area contributed by atoms with Crippen LogP contribution in [0.4, 0.5) is 17.6 Å². The molecule has 2 aromatic heterocycles. The molecule has 4 rings (SSSR count). The van der Waals surface area contributed by atoms with Crippen LogP contribution in [0.3, 0.4) is 0 Å². The number of ether oxygens (including phenoxy) is 1. The van der Waals surface area contributed by atoms with Gasteiger partial charge in [-0.05, 0) is 60.7 Å². The molecule has 1 amide bonds. The first-order chi connectivity index (χ1) is 18.9. The highest BCUT2D eigenvalue weighted by atomic mass is 32.2. The van der Waals surface area contributed by atoms with E-state index in [0.717, 1.165) is 41.5 Å². The fourth-order valence-electron chi connectivity index (χ4n) is 4.70. The van der Waals surface area contributed by atoms with Crippen molar-refractivity contribution in [3.05, 3.63) is 71.9 Å². The Morgan fingerprint density at radius 3 is 2.45 bits per heavy atom. The van der Waals surface area contributed by atoms with Crippen LogP contribution in [-0.2, 0) is 27.5 Å². The van der Waals surface area contributed by atoms with Crippen molar-refractivity contribution in [1.29, 1.82) is 0 Å². The van der Waals surface area contributed by atoms with Crippen molar-refractivity contribution < 1.29 is 35.5 Å². The molecule has 0 spiro atoms. The third-order valence-corrected chi connectivity index (χ3v) is 8.55. The van der Waals surface area contributed by atoms with Gasteiger partial charge in [0.2, 0.25) is 21.8 Å². The molecule has 3 aromatic rings. The lowest BCUT2D eigenvalue weighted by Crippen LogP contribution is -2.45. The standard InChI is InChI=1S/C27H28F4N4O4S/c1-3-4-17-11-23(35(16-17)40(37,38)22-8-6-20(28)7-9-22)26(36)33-15-21-12-19(13-25(34-21)39-2)18-5-10-24(32-14-18)27(29,30)31/h5-10,12-14,17,23H,3-4,11,15-16H2,1-2H3,(H,33,36). The summed E-state index contributed by atoms with van der Waals surface area (Å²) in [7, 11) is -2.69. The molecule has 1 fully saturated rings. The summed E-state index contributed by atoms with van der Waals surface area (Å²) < 4.78 is 85.2. The van der Waals surface area contributed by atoms with E-state index in [2.05, 4.69) is 15.3 Å². The van der Waals surface area contributed by atoms with Gasteiger partial charge in [0.15, 0.2) is 0 Å². The monoisotopic (exact) mass is 580 g/mol. The first kappa shape index (κ1) is 29.4. The number of nitrogens with zero attached hydrogens (tertiary/aromatic N) is 3. The van der Waals surface area contributed by atoms with Crippen LogP contribution in [0.1, 0.15) is 37.6 Å². The van der Waals surface area contributed by atoms with E-state index >= 15 is 0 Å². The summed E-state index contributed by atoms with van der Waals surface area (Å²) in [6, 6.07) is 8.72. The summed E-state index contributed by atoms with van der Waals surface area (Å²) in [5.74, 6) is -0.946. The van der Waals surface area contributed by atoms with E-state index < -0.39 is 39.7 Å². The minimum Gasteiger partial charge on any atom is -0.481 e. The van der Waals surface area contributed by atoms with E-state index in [4.69, 9.17) is 4.74 Å². The number of rotatable bonds is 9. The van der Waals surface area contributed by atoms with Crippen molar-refractivity contribution in [2.24, 2.45) is 5.92 Å². The van der Waals surface area contributed by atoms with Gasteiger partial charge in [0.25, 0.3) is 0 Å². The Bertz CT molecular complexity index is 1450. The van der Waals surface area contributed by atoms with Crippen LogP contribution in [0.25, 0.3) is 11.1 Å². The number of halogens is 4. The third kappa shape index (κ3) is 6.58. The number of nitrogens with one attached hydrogen (secondary N) is 1. The molecule has 0 saturated carbocycles. The van der Waals surface area contributed by atoms with Gasteiger partial charge in [-0.15, -0.1) is 0 Å². The Labute approximate surface area is 229 Å². The highest BCUT2D eigenvalue weighted by molar-refractivity contribution is 7.89. The van der Waals surface area contributed by atoms with Crippen molar-refractivity contribution in [3.8, 4) is 17.0 Å². The largest absolute Gasteiger partial charge is 0.481 e. The van der Waals surface area contributed by atoms with Gasteiger partial charge in [0.05, 0.1) is 24.2 Å². The Morgan fingerprint density at radius 2 is 1.85 bits per heavy atom. The molecule has 0 radical (unpaired) electrons. The number of hydrogen-bond acceptors (Lipinski definition) is 6. The van der Waals surface area contributed by atoms with Gasteiger partial charge in [-0.3, -0.25) is 9.78 Å². The van der Waals surface area contributed by atoms with Gasteiger partial charge in [-0.2, -0.15) is 17.5 Å². The van der Waals surface area contributed by atoms with Gasteiger partial charge < -0.3 is 10.1 Å². The number of aromatic nitrogens is 2. The summed E-state index contributed by atoms with van der Waals surface area (Å²) in [6.45, 7) is 2.05. The summed E-state index contributed by atoms with van der Waals surface area (Å²) in [4.78, 5) is 21.0. The molecule has 1 aromatic carbocycles. The molecular weight excluding hydrogens is 552 g/mol. The van der Waals surface area contributed by atoms with Gasteiger partial charge in [-0.1, -0.05) is 19.4 Å². The van der Waals surface area contributed by atoms with Gasteiger partial charge in [0.1, 0.15) is 17.6 Å². The highest BCUT2D eigenvalue weighted by Gasteiger charge is 2.43. The Morgan fingerprint density at radius 1 is 1.12 bits per heavy atom. The number of amides is 1. The Kier molecular flexibility index (Phi) is 8.74. The SMILES string of the molecule is CCCC1CC(C(=O)NCc2cc(-c3ccc(C(F)(F)F)nc3)cc(OC)n2)N(S(=O)(=O)c2ccc(F)cc2)C1. The van der Waals surface area contributed by atoms with Crippen LogP contribution in [0, 0.1) is 11.7 Å². The fraction of sp³-hybridized carbons (Fsp3) is 0.370. The molecule has 1 aliphatic rings. The second-order valence-corrected chi connectivity index (χ2v) is 11.4. The average molecular weight is 581 g/mol. The number of sulfonamides is 1. The summed E-state index contributed by atoms with van der Waals surface area (Å²) >= 11 is 0. The van der Waals surface area contributed by atoms with Crippen LogP contribution in [0.2, 0.25) is 0 Å². The molecule has 40 heavy (non-hydrogen) atoms. The molecule has 214 valence electrons. The molecule has 13 heteroatoms. The molecule has 1 N–H and O–H groups in total. The van der Waals surface area contributed by atoms with Gasteiger partial charge in [0, 0.05) is 24.4 Å². The molecule has 1 saturated heterocycles. The zero-order valence-corrected chi connectivity index (χ0v) is 22.6. The predicted octanol–water partition coefficient (Wildman–Crippen LogP) is 4.81. The van der Waals surface area contributed by atoms with Crippen molar-refractivity contribution in [3.63, 3.8) is 0 Å². The number of pyridine rings is 2. The van der Waals surface area contributed by atoms with Gasteiger partial charge in [-0.25, -0.2) is 17.8 Å². The van der Waals surface area contributed by atoms with E-state index in [1.165, 1.54) is 31.4 Å². The predicted molar refractivity (Wildman–Crippen MR) is 138 cm³/mol. The average Bonchev–Trinajstić information content (AvgIpc) is 3.36. The van der Waals surface area contributed by atoms with E-state index in [1.807, 2.05) is 6.92 Å². The molecule has 3 heterocycles. The maximum Gasteiger partial charge on any atom is 0.433 e. The van der Waals surface area contributed by atoms with E-state index in [1.54, 1.807) is 6.07 Å². The van der Waals surface area contributed by atoms with Gasteiger partial charge >= 0.3 is 6.18 Å². The van der Waals surface area contributed by atoms with Crippen molar-refractivity contribution in [2.75, 3.05) is 13.7 Å². The lowest BCUT2D eigenvalue weighted by Gasteiger charge is -2.23. The van der Waals surface area contributed by atoms with Crippen LogP contribution in [0.5, 0.6) is 5.88 Å². The molecule has 8 nitrogen and oxygen atoms in total. The van der Waals surface area contributed by atoms with Crippen LogP contribution < -0.4 is 10.1 Å². The molecular formula is C27H28F4N4O4S. The second kappa shape index (κ2) is 11.9. The lowest BCUT2D eigenvalue weighted by atomic mass is 10.0. The number of benzene rings is 1. The normalized spacial score (nSPS) is 18.1. The molecule has 2 unspecified atom stereocenters. The quantitative estimate of drug-likeness (QED) is 0.365. The summed E-state index contributed by atoms with van der Waals surface area (Å²) in [5, 5.41) is 2.74. The van der Waals surface area contributed by atoms with Crippen LogP contribution in [0.15, 0.2) is 59.6 Å². The second-order valence-electron chi connectivity index (χ2n) is 9.47. The minimum atomic E-state index is -4.57. The molecule has 2 atom stereocenters. The van der Waals surface area contributed by atoms with Crippen molar-refractivity contribution in [2.45, 2.75) is 49.8 Å². The zero-order chi connectivity index (χ0) is 29.1. The molecule has 0 aliphatic carbocycles. The maximum absolute atomic E-state index is 13.4. The maximum atomic E-state index is 13.4. The number of hydrogen-bond donors (Lipinski definition) is 1. The lowest BCUT2D eigenvalue weighted by molar-refractivity contribution is -0.141. The van der Waals surface area contributed by atoms with Crippen LogP contribution in [-0.4, -0.2) is 48.3 Å². The highest BCUT2D eigenvalue weighted by Crippen LogP contribution is 2.33. The van der Waals surface area contributed by atoms with E-state index in [9.17, 15) is 30.8 Å². The number of alkyl halides is 3. The fourth-order valence-corrected chi connectivity index (χ4v) is 6.38. The topological polar surface area (TPSA) is 101 Å². The number of carbonyl (C=O) groups is 1. The van der Waals surface area contributed by atoms with E-state index in [-0.39, 0.29) is 29.8 Å². The van der Waals surface area contributed by atoms with Crippen LogP contribution >= 0.6 is 0 Å². The van der Waals surface area contributed by atoms with Crippen molar-refractivity contribution in [1.82, 2.24) is 19.6 Å². The minimum absolute atomic E-state index is 0.0234. The molecule has 1 aliphatic heterocycles. The summed E-state index contributed by atoms with van der Waals surface area (Å²) in [6.07, 6.45) is -1.60. The van der Waals surface area contributed by atoms with Crippen molar-refractivity contribution >= 4 is 15.9 Å². The number of carbonyl (C=O) groups excluding carboxylic acids is 1. The first-order valence-corrected chi connectivity index (χ1v) is 14.0. The Hall–Kier alpha value is -3.58.